The molecule has 0 unspecified atom stereocenters. The van der Waals surface area contributed by atoms with Crippen LogP contribution in [0.15, 0.2) is 42.5 Å². The fraction of sp³-hybridized carbons (Fsp3) is 0.250. The van der Waals surface area contributed by atoms with Crippen LogP contribution < -0.4 is 4.90 Å². The smallest absolute Gasteiger partial charge is 0.123 e. The van der Waals surface area contributed by atoms with Crippen LogP contribution in [0.1, 0.15) is 29.5 Å². The molecule has 1 fully saturated rings. The first-order valence-electron chi connectivity index (χ1n) is 7.91. The van der Waals surface area contributed by atoms with Gasteiger partial charge in [0, 0.05) is 18.8 Å². The molecule has 2 nitrogen and oxygen atoms in total. The number of hydrogen-bond donors (Lipinski definition) is 0. The molecule has 0 spiro atoms. The van der Waals surface area contributed by atoms with Gasteiger partial charge >= 0.3 is 0 Å². The van der Waals surface area contributed by atoms with E-state index in [1.807, 2.05) is 6.08 Å². The van der Waals surface area contributed by atoms with Crippen molar-refractivity contribution in [3.05, 3.63) is 65.0 Å². The van der Waals surface area contributed by atoms with Gasteiger partial charge in [0.2, 0.25) is 0 Å². The summed E-state index contributed by atoms with van der Waals surface area (Å²) in [5, 5.41) is 9.41. The predicted molar refractivity (Wildman–Crippen MR) is 92.5 cm³/mol. The largest absolute Gasteiger partial charge is 0.372 e. The summed E-state index contributed by atoms with van der Waals surface area (Å²) in [6, 6.07) is 14.6. The molecule has 2 aromatic rings. The Morgan fingerprint density at radius 3 is 2.43 bits per heavy atom. The number of benzene rings is 2. The van der Waals surface area contributed by atoms with E-state index in [0.717, 1.165) is 29.8 Å². The Labute approximate surface area is 136 Å². The Morgan fingerprint density at radius 2 is 1.83 bits per heavy atom. The van der Waals surface area contributed by atoms with Gasteiger partial charge in [-0.15, -0.1) is 0 Å². The molecule has 0 amide bonds. The third-order valence-electron chi connectivity index (χ3n) is 4.30. The first-order valence-corrected chi connectivity index (χ1v) is 7.91. The predicted octanol–water partition coefficient (Wildman–Crippen LogP) is 4.80. The minimum Gasteiger partial charge on any atom is -0.372 e. The lowest BCUT2D eigenvalue weighted by atomic mass is 10.0. The van der Waals surface area contributed by atoms with Crippen molar-refractivity contribution in [1.82, 2.24) is 0 Å². The highest BCUT2D eigenvalue weighted by Crippen LogP contribution is 2.26. The highest BCUT2D eigenvalue weighted by molar-refractivity contribution is 5.90. The fourth-order valence-corrected chi connectivity index (χ4v) is 2.96. The lowest BCUT2D eigenvalue weighted by Gasteiger charge is -2.18. The van der Waals surface area contributed by atoms with E-state index in [0.29, 0.717) is 5.57 Å². The molecular formula is C20H19FN2. The van der Waals surface area contributed by atoms with E-state index in [1.54, 1.807) is 12.1 Å². The normalized spacial score (nSPS) is 14.8. The summed E-state index contributed by atoms with van der Waals surface area (Å²) in [7, 11) is 0. The van der Waals surface area contributed by atoms with Gasteiger partial charge in [0.25, 0.3) is 0 Å². The summed E-state index contributed by atoms with van der Waals surface area (Å²) in [5.41, 5.74) is 4.69. The Morgan fingerprint density at radius 1 is 1.13 bits per heavy atom. The highest BCUT2D eigenvalue weighted by atomic mass is 19.1. The van der Waals surface area contributed by atoms with Crippen LogP contribution in [0.4, 0.5) is 10.1 Å². The second kappa shape index (κ2) is 6.66. The Balaban J connectivity index is 1.91. The van der Waals surface area contributed by atoms with Crippen LogP contribution in [0.5, 0.6) is 0 Å². The van der Waals surface area contributed by atoms with E-state index in [9.17, 15) is 9.65 Å². The van der Waals surface area contributed by atoms with Crippen molar-refractivity contribution in [2.75, 3.05) is 18.0 Å². The van der Waals surface area contributed by atoms with Crippen molar-refractivity contribution in [3.8, 4) is 6.07 Å². The van der Waals surface area contributed by atoms with Crippen molar-refractivity contribution in [2.45, 2.75) is 19.8 Å². The lowest BCUT2D eigenvalue weighted by Crippen LogP contribution is -2.17. The molecule has 0 radical (unpaired) electrons. The second-order valence-electron chi connectivity index (χ2n) is 5.91. The van der Waals surface area contributed by atoms with Crippen molar-refractivity contribution < 1.29 is 4.39 Å². The number of halogens is 1. The van der Waals surface area contributed by atoms with Crippen LogP contribution in [0, 0.1) is 24.1 Å². The first kappa shape index (κ1) is 15.3. The summed E-state index contributed by atoms with van der Waals surface area (Å²) < 4.78 is 13.0. The molecule has 1 aliphatic heterocycles. The molecule has 1 aliphatic rings. The van der Waals surface area contributed by atoms with Crippen LogP contribution in [-0.4, -0.2) is 13.1 Å². The van der Waals surface area contributed by atoms with Crippen LogP contribution in [0.2, 0.25) is 0 Å². The number of anilines is 1. The molecule has 0 saturated carbocycles. The van der Waals surface area contributed by atoms with Crippen molar-refractivity contribution >= 4 is 17.3 Å². The van der Waals surface area contributed by atoms with Crippen LogP contribution in [0.25, 0.3) is 11.6 Å². The molecule has 0 aliphatic carbocycles. The zero-order valence-electron chi connectivity index (χ0n) is 13.2. The molecule has 1 heterocycles. The zero-order chi connectivity index (χ0) is 16.2. The van der Waals surface area contributed by atoms with Gasteiger partial charge in [-0.25, -0.2) is 4.39 Å². The molecule has 2 aromatic carbocycles. The SMILES string of the molecule is Cc1cc(N2CCCC2)ccc1/C=C(/C#N)c1ccc(F)cc1. The average molecular weight is 306 g/mol. The van der Waals surface area contributed by atoms with Gasteiger partial charge in [-0.05, 0) is 66.8 Å². The van der Waals surface area contributed by atoms with E-state index in [1.165, 1.54) is 30.7 Å². The number of hydrogen-bond acceptors (Lipinski definition) is 2. The summed E-state index contributed by atoms with van der Waals surface area (Å²) in [6.07, 6.45) is 4.38. The number of rotatable bonds is 3. The van der Waals surface area contributed by atoms with E-state index < -0.39 is 0 Å². The molecule has 3 rings (SSSR count). The summed E-state index contributed by atoms with van der Waals surface area (Å²) in [6.45, 7) is 4.30. The maximum atomic E-state index is 13.0. The molecule has 0 bridgehead atoms. The van der Waals surface area contributed by atoms with E-state index in [2.05, 4.69) is 36.1 Å². The summed E-state index contributed by atoms with van der Waals surface area (Å²) in [4.78, 5) is 2.39. The van der Waals surface area contributed by atoms with E-state index in [-0.39, 0.29) is 5.82 Å². The lowest BCUT2D eigenvalue weighted by molar-refractivity contribution is 0.627. The van der Waals surface area contributed by atoms with E-state index >= 15 is 0 Å². The molecule has 116 valence electrons. The third-order valence-corrected chi connectivity index (χ3v) is 4.30. The Bertz CT molecular complexity index is 763. The number of nitriles is 1. The molecular weight excluding hydrogens is 287 g/mol. The maximum absolute atomic E-state index is 13.0. The van der Waals surface area contributed by atoms with Crippen LogP contribution >= 0.6 is 0 Å². The standard InChI is InChI=1S/C20H19FN2/c1-15-12-20(23-10-2-3-11-23)9-6-17(15)13-18(14-22)16-4-7-19(21)8-5-16/h4-9,12-13H,2-3,10-11H2,1H3/b18-13-. The topological polar surface area (TPSA) is 27.0 Å². The molecule has 23 heavy (non-hydrogen) atoms. The summed E-state index contributed by atoms with van der Waals surface area (Å²) in [5.74, 6) is -0.294. The quantitative estimate of drug-likeness (QED) is 0.601. The van der Waals surface area contributed by atoms with Gasteiger partial charge in [0.1, 0.15) is 5.82 Å². The monoisotopic (exact) mass is 306 g/mol. The fourth-order valence-electron chi connectivity index (χ4n) is 2.96. The molecule has 3 heteroatoms. The van der Waals surface area contributed by atoms with Gasteiger partial charge in [0.05, 0.1) is 11.6 Å². The average Bonchev–Trinajstić information content (AvgIpc) is 3.09. The number of allylic oxidation sites excluding steroid dienone is 1. The molecule has 1 saturated heterocycles. The minimum absolute atomic E-state index is 0.294. The second-order valence-corrected chi connectivity index (χ2v) is 5.91. The third kappa shape index (κ3) is 3.43. The minimum atomic E-state index is -0.294. The maximum Gasteiger partial charge on any atom is 0.123 e. The number of aryl methyl sites for hydroxylation is 1. The van der Waals surface area contributed by atoms with Crippen molar-refractivity contribution in [1.29, 1.82) is 5.26 Å². The Kier molecular flexibility index (Phi) is 4.43. The van der Waals surface area contributed by atoms with Gasteiger partial charge in [-0.1, -0.05) is 18.2 Å². The van der Waals surface area contributed by atoms with Crippen LogP contribution in [-0.2, 0) is 0 Å². The zero-order valence-corrected chi connectivity index (χ0v) is 13.2. The Hall–Kier alpha value is -2.60. The highest BCUT2D eigenvalue weighted by Gasteiger charge is 2.13. The molecule has 0 N–H and O–H groups in total. The van der Waals surface area contributed by atoms with Gasteiger partial charge in [-0.2, -0.15) is 5.26 Å². The molecule has 0 aromatic heterocycles. The van der Waals surface area contributed by atoms with Gasteiger partial charge in [0.15, 0.2) is 0 Å². The van der Waals surface area contributed by atoms with E-state index in [4.69, 9.17) is 0 Å². The van der Waals surface area contributed by atoms with Crippen molar-refractivity contribution in [3.63, 3.8) is 0 Å². The number of nitrogens with zero attached hydrogens (tertiary/aromatic N) is 2. The summed E-state index contributed by atoms with van der Waals surface area (Å²) >= 11 is 0. The van der Waals surface area contributed by atoms with Gasteiger partial charge in [-0.3, -0.25) is 0 Å². The molecule has 0 atom stereocenters. The van der Waals surface area contributed by atoms with Gasteiger partial charge < -0.3 is 4.90 Å². The van der Waals surface area contributed by atoms with Crippen LogP contribution in [0.3, 0.4) is 0 Å². The first-order chi connectivity index (χ1) is 11.2. The van der Waals surface area contributed by atoms with Crippen molar-refractivity contribution in [2.24, 2.45) is 0 Å².